The molecule has 0 fully saturated rings. The lowest BCUT2D eigenvalue weighted by molar-refractivity contribution is 0.873. The number of rotatable bonds is 2. The summed E-state index contributed by atoms with van der Waals surface area (Å²) in [6, 6.07) is 14.9. The summed E-state index contributed by atoms with van der Waals surface area (Å²) in [5.41, 5.74) is 12.3. The zero-order chi connectivity index (χ0) is 13.4. The maximum atomic E-state index is 5.93. The predicted molar refractivity (Wildman–Crippen MR) is 80.8 cm³/mol. The molecule has 2 heteroatoms. The van der Waals surface area contributed by atoms with E-state index in [1.54, 1.807) is 0 Å². The maximum Gasteiger partial charge on any atom is 0.102 e. The van der Waals surface area contributed by atoms with Crippen LogP contribution in [0.3, 0.4) is 0 Å². The highest BCUT2D eigenvalue weighted by Gasteiger charge is 2.17. The van der Waals surface area contributed by atoms with Crippen LogP contribution in [0.4, 0.5) is 5.69 Å². The maximum absolute atomic E-state index is 5.93. The molecule has 2 aromatic rings. The second kappa shape index (κ2) is 4.54. The first-order valence-electron chi connectivity index (χ1n) is 6.70. The van der Waals surface area contributed by atoms with E-state index >= 15 is 0 Å². The molecule has 19 heavy (non-hydrogen) atoms. The molecule has 2 nitrogen and oxygen atoms in total. The molecule has 0 amide bonds. The van der Waals surface area contributed by atoms with Crippen LogP contribution in [-0.2, 0) is 6.42 Å². The predicted octanol–water partition coefficient (Wildman–Crippen LogP) is 3.90. The number of fused-ring (bicyclic) bond motifs is 3. The van der Waals surface area contributed by atoms with Crippen LogP contribution in [0.2, 0.25) is 0 Å². The molecule has 0 bridgehead atoms. The summed E-state index contributed by atoms with van der Waals surface area (Å²) in [4.78, 5) is 4.49. The molecule has 0 spiro atoms. The number of nitrogens with two attached hydrogens (primary N) is 1. The lowest BCUT2D eigenvalue weighted by atomic mass is 10.1. The van der Waals surface area contributed by atoms with Crippen molar-refractivity contribution >= 4 is 11.5 Å². The second-order valence-corrected chi connectivity index (χ2v) is 5.37. The number of hydrogen-bond acceptors (Lipinski definition) is 1. The lowest BCUT2D eigenvalue weighted by Gasteiger charge is -2.05. The SMILES string of the molecule is CC(C)C(N)=Nc1ccc2c(c1)Cc1ccccc1-2. The molecule has 96 valence electrons. The summed E-state index contributed by atoms with van der Waals surface area (Å²) in [6.45, 7) is 4.12. The van der Waals surface area contributed by atoms with Gasteiger partial charge in [-0.15, -0.1) is 0 Å². The van der Waals surface area contributed by atoms with Crippen molar-refractivity contribution in [2.45, 2.75) is 20.3 Å². The van der Waals surface area contributed by atoms with E-state index < -0.39 is 0 Å². The number of nitrogens with zero attached hydrogens (tertiary/aromatic N) is 1. The Balaban J connectivity index is 2.00. The van der Waals surface area contributed by atoms with E-state index in [0.717, 1.165) is 12.1 Å². The first-order valence-corrected chi connectivity index (χ1v) is 6.70. The van der Waals surface area contributed by atoms with Gasteiger partial charge in [-0.3, -0.25) is 0 Å². The number of hydrogen-bond donors (Lipinski definition) is 1. The van der Waals surface area contributed by atoms with E-state index in [0.29, 0.717) is 5.84 Å². The molecule has 0 saturated carbocycles. The normalized spacial score (nSPS) is 13.5. The van der Waals surface area contributed by atoms with Gasteiger partial charge in [0.15, 0.2) is 0 Å². The molecule has 1 aliphatic rings. The van der Waals surface area contributed by atoms with Gasteiger partial charge in [-0.05, 0) is 40.8 Å². The van der Waals surface area contributed by atoms with Crippen molar-refractivity contribution in [1.29, 1.82) is 0 Å². The van der Waals surface area contributed by atoms with Crippen LogP contribution >= 0.6 is 0 Å². The molecule has 2 aromatic carbocycles. The molecule has 0 aliphatic heterocycles. The van der Waals surface area contributed by atoms with Crippen molar-refractivity contribution in [1.82, 2.24) is 0 Å². The van der Waals surface area contributed by atoms with Gasteiger partial charge in [0.2, 0.25) is 0 Å². The third-order valence-corrected chi connectivity index (χ3v) is 3.63. The van der Waals surface area contributed by atoms with Crippen molar-refractivity contribution < 1.29 is 0 Å². The van der Waals surface area contributed by atoms with E-state index in [4.69, 9.17) is 5.73 Å². The highest BCUT2D eigenvalue weighted by molar-refractivity contribution is 5.85. The van der Waals surface area contributed by atoms with Crippen molar-refractivity contribution in [2.75, 3.05) is 0 Å². The Morgan fingerprint density at radius 2 is 1.79 bits per heavy atom. The Hall–Kier alpha value is -2.09. The van der Waals surface area contributed by atoms with Crippen molar-refractivity contribution in [3.8, 4) is 11.1 Å². The van der Waals surface area contributed by atoms with Gasteiger partial charge in [-0.1, -0.05) is 44.2 Å². The molecule has 1 aliphatic carbocycles. The largest absolute Gasteiger partial charge is 0.387 e. The number of amidine groups is 1. The fraction of sp³-hybridized carbons (Fsp3) is 0.235. The zero-order valence-corrected chi connectivity index (χ0v) is 11.4. The highest BCUT2D eigenvalue weighted by atomic mass is 14.9. The molecule has 0 atom stereocenters. The van der Waals surface area contributed by atoms with Crippen molar-refractivity contribution in [2.24, 2.45) is 16.6 Å². The number of benzene rings is 2. The molecule has 2 N–H and O–H groups in total. The van der Waals surface area contributed by atoms with Gasteiger partial charge in [0.25, 0.3) is 0 Å². The highest BCUT2D eigenvalue weighted by Crippen LogP contribution is 2.38. The van der Waals surface area contributed by atoms with Crippen LogP contribution in [0.1, 0.15) is 25.0 Å². The third kappa shape index (κ3) is 2.14. The molecule has 3 rings (SSSR count). The molecule has 0 unspecified atom stereocenters. The summed E-state index contributed by atoms with van der Waals surface area (Å²) in [6.07, 6.45) is 0.996. The molecular formula is C17H18N2. The van der Waals surface area contributed by atoms with E-state index in [1.165, 1.54) is 22.3 Å². The average Bonchev–Trinajstić information content (AvgIpc) is 2.76. The Morgan fingerprint density at radius 3 is 2.58 bits per heavy atom. The summed E-state index contributed by atoms with van der Waals surface area (Å²) < 4.78 is 0. The Bertz CT molecular complexity index is 654. The average molecular weight is 250 g/mol. The first kappa shape index (κ1) is 12.0. The van der Waals surface area contributed by atoms with Crippen LogP contribution in [0.15, 0.2) is 47.5 Å². The topological polar surface area (TPSA) is 38.4 Å². The number of aliphatic imine (C=N–C) groups is 1. The Kier molecular flexibility index (Phi) is 2.86. The minimum absolute atomic E-state index is 0.283. The molecule has 0 saturated heterocycles. The van der Waals surface area contributed by atoms with E-state index in [-0.39, 0.29) is 5.92 Å². The molecule has 0 aromatic heterocycles. The van der Waals surface area contributed by atoms with Gasteiger partial charge in [0, 0.05) is 5.92 Å². The van der Waals surface area contributed by atoms with E-state index in [2.05, 4.69) is 61.3 Å². The summed E-state index contributed by atoms with van der Waals surface area (Å²) in [5.74, 6) is 0.973. The van der Waals surface area contributed by atoms with E-state index in [1.807, 2.05) is 0 Å². The van der Waals surface area contributed by atoms with Gasteiger partial charge in [0.1, 0.15) is 5.84 Å². The minimum Gasteiger partial charge on any atom is -0.387 e. The van der Waals surface area contributed by atoms with Crippen LogP contribution in [0.5, 0.6) is 0 Å². The molecular weight excluding hydrogens is 232 g/mol. The summed E-state index contributed by atoms with van der Waals surface area (Å²) in [5, 5.41) is 0. The Morgan fingerprint density at radius 1 is 1.05 bits per heavy atom. The van der Waals surface area contributed by atoms with Gasteiger partial charge in [0.05, 0.1) is 5.69 Å². The minimum atomic E-state index is 0.283. The van der Waals surface area contributed by atoms with Crippen LogP contribution in [0.25, 0.3) is 11.1 Å². The first-order chi connectivity index (χ1) is 9.15. The third-order valence-electron chi connectivity index (χ3n) is 3.63. The molecule has 0 heterocycles. The quantitative estimate of drug-likeness (QED) is 0.543. The van der Waals surface area contributed by atoms with Crippen LogP contribution < -0.4 is 5.73 Å². The van der Waals surface area contributed by atoms with E-state index in [9.17, 15) is 0 Å². The molecule has 0 radical (unpaired) electrons. The van der Waals surface area contributed by atoms with Crippen LogP contribution in [0, 0.1) is 5.92 Å². The smallest absolute Gasteiger partial charge is 0.102 e. The zero-order valence-electron chi connectivity index (χ0n) is 11.4. The van der Waals surface area contributed by atoms with Crippen LogP contribution in [-0.4, -0.2) is 5.84 Å². The van der Waals surface area contributed by atoms with Gasteiger partial charge < -0.3 is 5.73 Å². The van der Waals surface area contributed by atoms with Crippen molar-refractivity contribution in [3.05, 3.63) is 53.6 Å². The summed E-state index contributed by atoms with van der Waals surface area (Å²) >= 11 is 0. The Labute approximate surface area is 114 Å². The fourth-order valence-corrected chi connectivity index (χ4v) is 2.48. The van der Waals surface area contributed by atoms with Gasteiger partial charge in [-0.2, -0.15) is 0 Å². The monoisotopic (exact) mass is 250 g/mol. The van der Waals surface area contributed by atoms with Crippen molar-refractivity contribution in [3.63, 3.8) is 0 Å². The fourth-order valence-electron chi connectivity index (χ4n) is 2.48. The standard InChI is InChI=1S/C17H18N2/c1-11(2)17(18)19-14-7-8-16-13(10-14)9-12-5-3-4-6-15(12)16/h3-8,10-11H,9H2,1-2H3,(H2,18,19). The van der Waals surface area contributed by atoms with Gasteiger partial charge in [-0.25, -0.2) is 4.99 Å². The second-order valence-electron chi connectivity index (χ2n) is 5.37. The lowest BCUT2D eigenvalue weighted by Crippen LogP contribution is -2.17. The summed E-state index contributed by atoms with van der Waals surface area (Å²) in [7, 11) is 0. The van der Waals surface area contributed by atoms with Gasteiger partial charge >= 0.3 is 0 Å².